The molecule has 0 fully saturated rings. The first-order chi connectivity index (χ1) is 9.21. The predicted molar refractivity (Wildman–Crippen MR) is 83.9 cm³/mol. The lowest BCUT2D eigenvalue weighted by atomic mass is 10.3. The standard InChI is InChI=1S/C12H24N6S/c1-4-18(5-2)12-16-10(13)15-11(17-12)14-8-6-7-9-19-3/h4-9H2,1-3H3,(H3,13,14,15,16,17). The summed E-state index contributed by atoms with van der Waals surface area (Å²) in [6.07, 6.45) is 4.42. The number of aromatic nitrogens is 3. The Morgan fingerprint density at radius 1 is 1.16 bits per heavy atom. The van der Waals surface area contributed by atoms with Crippen molar-refractivity contribution in [2.24, 2.45) is 0 Å². The van der Waals surface area contributed by atoms with Gasteiger partial charge in [0, 0.05) is 19.6 Å². The zero-order valence-electron chi connectivity index (χ0n) is 12.0. The van der Waals surface area contributed by atoms with Crippen LogP contribution in [0.25, 0.3) is 0 Å². The van der Waals surface area contributed by atoms with Gasteiger partial charge in [-0.1, -0.05) is 0 Å². The van der Waals surface area contributed by atoms with Gasteiger partial charge >= 0.3 is 0 Å². The zero-order chi connectivity index (χ0) is 14.1. The van der Waals surface area contributed by atoms with Gasteiger partial charge < -0.3 is 16.0 Å². The van der Waals surface area contributed by atoms with E-state index in [-0.39, 0.29) is 5.95 Å². The molecule has 0 saturated heterocycles. The number of unbranched alkanes of at least 4 members (excludes halogenated alkanes) is 1. The van der Waals surface area contributed by atoms with Crippen LogP contribution < -0.4 is 16.0 Å². The van der Waals surface area contributed by atoms with Gasteiger partial charge in [-0.2, -0.15) is 26.7 Å². The molecule has 6 nitrogen and oxygen atoms in total. The highest BCUT2D eigenvalue weighted by Crippen LogP contribution is 2.11. The summed E-state index contributed by atoms with van der Waals surface area (Å²) >= 11 is 1.87. The number of hydrogen-bond acceptors (Lipinski definition) is 7. The van der Waals surface area contributed by atoms with Crippen molar-refractivity contribution in [1.29, 1.82) is 0 Å². The van der Waals surface area contributed by atoms with Crippen LogP contribution in [0.15, 0.2) is 0 Å². The molecule has 19 heavy (non-hydrogen) atoms. The Hall–Kier alpha value is -1.24. The minimum atomic E-state index is 0.267. The first-order valence-electron chi connectivity index (χ1n) is 6.70. The Morgan fingerprint density at radius 3 is 2.53 bits per heavy atom. The molecule has 1 aromatic rings. The average molecular weight is 284 g/mol. The van der Waals surface area contributed by atoms with E-state index in [1.807, 2.05) is 11.8 Å². The Kier molecular flexibility index (Phi) is 7.32. The summed E-state index contributed by atoms with van der Waals surface area (Å²) in [5.41, 5.74) is 5.73. The number of nitrogens with zero attached hydrogens (tertiary/aromatic N) is 4. The molecule has 0 aliphatic carbocycles. The number of nitrogens with one attached hydrogen (secondary N) is 1. The van der Waals surface area contributed by atoms with Crippen molar-refractivity contribution in [3.05, 3.63) is 0 Å². The molecule has 1 aromatic heterocycles. The maximum atomic E-state index is 5.73. The summed E-state index contributed by atoms with van der Waals surface area (Å²) in [4.78, 5) is 14.7. The fourth-order valence-corrected chi connectivity index (χ4v) is 2.17. The van der Waals surface area contributed by atoms with Crippen LogP contribution in [0.2, 0.25) is 0 Å². The molecule has 7 heteroatoms. The molecule has 0 spiro atoms. The SMILES string of the molecule is CCN(CC)c1nc(N)nc(NCCCCSC)n1. The summed E-state index contributed by atoms with van der Waals surface area (Å²) in [7, 11) is 0. The second-order valence-corrected chi connectivity index (χ2v) is 5.10. The van der Waals surface area contributed by atoms with Crippen LogP contribution in [-0.2, 0) is 0 Å². The number of thioether (sulfide) groups is 1. The van der Waals surface area contributed by atoms with Crippen LogP contribution in [0.5, 0.6) is 0 Å². The highest BCUT2D eigenvalue weighted by Gasteiger charge is 2.09. The lowest BCUT2D eigenvalue weighted by Gasteiger charge is -2.19. The van der Waals surface area contributed by atoms with E-state index in [1.54, 1.807) is 0 Å². The van der Waals surface area contributed by atoms with Crippen molar-refractivity contribution in [1.82, 2.24) is 15.0 Å². The smallest absolute Gasteiger partial charge is 0.231 e. The van der Waals surface area contributed by atoms with Gasteiger partial charge in [0.2, 0.25) is 17.8 Å². The third-order valence-corrected chi connectivity index (χ3v) is 3.44. The van der Waals surface area contributed by atoms with E-state index < -0.39 is 0 Å². The van der Waals surface area contributed by atoms with Gasteiger partial charge in [-0.25, -0.2) is 0 Å². The van der Waals surface area contributed by atoms with E-state index in [1.165, 1.54) is 12.2 Å². The molecule has 0 saturated carbocycles. The van der Waals surface area contributed by atoms with Gasteiger partial charge in [0.05, 0.1) is 0 Å². The second kappa shape index (κ2) is 8.79. The van der Waals surface area contributed by atoms with E-state index in [0.717, 1.165) is 26.1 Å². The second-order valence-electron chi connectivity index (χ2n) is 4.12. The van der Waals surface area contributed by atoms with E-state index in [9.17, 15) is 0 Å². The number of hydrogen-bond donors (Lipinski definition) is 2. The molecule has 1 heterocycles. The molecular formula is C12H24N6S. The van der Waals surface area contributed by atoms with Gasteiger partial charge in [0.25, 0.3) is 0 Å². The summed E-state index contributed by atoms with van der Waals surface area (Å²) < 4.78 is 0. The molecule has 0 atom stereocenters. The lowest BCUT2D eigenvalue weighted by Crippen LogP contribution is -2.25. The van der Waals surface area contributed by atoms with E-state index in [2.05, 4.69) is 45.3 Å². The van der Waals surface area contributed by atoms with Crippen LogP contribution in [0.1, 0.15) is 26.7 Å². The minimum Gasteiger partial charge on any atom is -0.368 e. The highest BCUT2D eigenvalue weighted by atomic mass is 32.2. The number of nitrogens with two attached hydrogens (primary N) is 1. The lowest BCUT2D eigenvalue weighted by molar-refractivity contribution is 0.804. The van der Waals surface area contributed by atoms with Crippen LogP contribution in [0, 0.1) is 0 Å². The zero-order valence-corrected chi connectivity index (χ0v) is 12.8. The predicted octanol–water partition coefficient (Wildman–Crippen LogP) is 1.86. The van der Waals surface area contributed by atoms with E-state index in [4.69, 9.17) is 5.73 Å². The maximum absolute atomic E-state index is 5.73. The Balaban J connectivity index is 2.58. The number of nitrogen functional groups attached to an aromatic ring is 1. The quantitative estimate of drug-likeness (QED) is 0.670. The Labute approximate surface area is 119 Å². The topological polar surface area (TPSA) is 80.0 Å². The summed E-state index contributed by atoms with van der Waals surface area (Å²) in [6, 6.07) is 0. The van der Waals surface area contributed by atoms with Crippen molar-refractivity contribution in [3.63, 3.8) is 0 Å². The van der Waals surface area contributed by atoms with Crippen LogP contribution >= 0.6 is 11.8 Å². The van der Waals surface area contributed by atoms with Crippen LogP contribution in [0.4, 0.5) is 17.8 Å². The molecule has 0 unspecified atom stereocenters. The van der Waals surface area contributed by atoms with Crippen molar-refractivity contribution in [2.45, 2.75) is 26.7 Å². The summed E-state index contributed by atoms with van der Waals surface area (Å²) in [6.45, 7) is 6.71. The maximum Gasteiger partial charge on any atom is 0.231 e. The molecule has 0 amide bonds. The van der Waals surface area contributed by atoms with Gasteiger partial charge in [-0.3, -0.25) is 0 Å². The first kappa shape index (κ1) is 15.8. The fourth-order valence-electron chi connectivity index (χ4n) is 1.68. The molecule has 0 aliphatic rings. The number of anilines is 3. The van der Waals surface area contributed by atoms with Crippen LogP contribution in [0.3, 0.4) is 0 Å². The van der Waals surface area contributed by atoms with Crippen molar-refractivity contribution < 1.29 is 0 Å². The van der Waals surface area contributed by atoms with Crippen molar-refractivity contribution in [2.75, 3.05) is 47.6 Å². The molecule has 108 valence electrons. The monoisotopic (exact) mass is 284 g/mol. The van der Waals surface area contributed by atoms with Gasteiger partial charge in [0.15, 0.2) is 0 Å². The van der Waals surface area contributed by atoms with Gasteiger partial charge in [-0.05, 0) is 38.7 Å². The minimum absolute atomic E-state index is 0.267. The van der Waals surface area contributed by atoms with E-state index >= 15 is 0 Å². The van der Waals surface area contributed by atoms with Crippen molar-refractivity contribution in [3.8, 4) is 0 Å². The fraction of sp³-hybridized carbons (Fsp3) is 0.750. The van der Waals surface area contributed by atoms with E-state index in [0.29, 0.717) is 11.9 Å². The highest BCUT2D eigenvalue weighted by molar-refractivity contribution is 7.98. The normalized spacial score (nSPS) is 10.5. The molecule has 3 N–H and O–H groups in total. The molecule has 0 aliphatic heterocycles. The number of rotatable bonds is 9. The van der Waals surface area contributed by atoms with Crippen molar-refractivity contribution >= 4 is 29.6 Å². The first-order valence-corrected chi connectivity index (χ1v) is 8.09. The molecule has 0 bridgehead atoms. The summed E-state index contributed by atoms with van der Waals surface area (Å²) in [5.74, 6) is 2.66. The average Bonchev–Trinajstić information content (AvgIpc) is 2.39. The summed E-state index contributed by atoms with van der Waals surface area (Å²) in [5, 5.41) is 3.21. The van der Waals surface area contributed by atoms with Gasteiger partial charge in [-0.15, -0.1) is 0 Å². The third kappa shape index (κ3) is 5.50. The Bertz CT molecular complexity index is 369. The molecule has 0 aromatic carbocycles. The third-order valence-electron chi connectivity index (χ3n) is 2.75. The largest absolute Gasteiger partial charge is 0.368 e. The molecule has 0 radical (unpaired) electrons. The van der Waals surface area contributed by atoms with Gasteiger partial charge in [0.1, 0.15) is 0 Å². The Morgan fingerprint density at radius 2 is 1.89 bits per heavy atom. The molecule has 1 rings (SSSR count). The van der Waals surface area contributed by atoms with Crippen LogP contribution in [-0.4, -0.2) is 46.6 Å². The molecular weight excluding hydrogens is 260 g/mol.